The number of hydrogen-bond donors (Lipinski definition) is 1. The van der Waals surface area contributed by atoms with Crippen LogP contribution in [0.1, 0.15) is 19.8 Å². The van der Waals surface area contributed by atoms with Crippen LogP contribution >= 0.6 is 11.6 Å². The van der Waals surface area contributed by atoms with Gasteiger partial charge in [-0.2, -0.15) is 0 Å². The molecule has 0 spiro atoms. The van der Waals surface area contributed by atoms with Gasteiger partial charge in [0.2, 0.25) is 0 Å². The maximum absolute atomic E-state index is 13.4. The lowest BCUT2D eigenvalue weighted by molar-refractivity contribution is -0.137. The predicted molar refractivity (Wildman–Crippen MR) is 114 cm³/mol. The number of methoxy groups -OCH3 is 2. The molecule has 0 amide bonds. The van der Waals surface area contributed by atoms with Crippen molar-refractivity contribution in [3.8, 4) is 17.2 Å². The van der Waals surface area contributed by atoms with Gasteiger partial charge in [-0.25, -0.2) is 8.42 Å². The Kier molecular flexibility index (Phi) is 8.19. The van der Waals surface area contributed by atoms with Crippen molar-refractivity contribution in [2.45, 2.75) is 24.7 Å². The van der Waals surface area contributed by atoms with E-state index in [1.54, 1.807) is 12.1 Å². The largest absolute Gasteiger partial charge is 0.495 e. The zero-order chi connectivity index (χ0) is 22.3. The number of ether oxygens (including phenoxy) is 3. The van der Waals surface area contributed by atoms with E-state index in [1.165, 1.54) is 38.5 Å². The van der Waals surface area contributed by atoms with Gasteiger partial charge in [-0.1, -0.05) is 11.6 Å². The molecule has 0 aliphatic carbocycles. The summed E-state index contributed by atoms with van der Waals surface area (Å²) in [6.07, 6.45) is -0.0952. The molecule has 1 N–H and O–H groups in total. The molecule has 0 atom stereocenters. The molecule has 0 bridgehead atoms. The topological polar surface area (TPSA) is 102 Å². The summed E-state index contributed by atoms with van der Waals surface area (Å²) < 4.78 is 43.9. The normalized spacial score (nSPS) is 11.1. The van der Waals surface area contributed by atoms with Crippen LogP contribution in [0.5, 0.6) is 17.2 Å². The van der Waals surface area contributed by atoms with Crippen molar-refractivity contribution in [2.24, 2.45) is 0 Å². The number of halogens is 1. The van der Waals surface area contributed by atoms with E-state index in [0.29, 0.717) is 12.4 Å². The summed E-state index contributed by atoms with van der Waals surface area (Å²) in [4.78, 5) is 11.0. The summed E-state index contributed by atoms with van der Waals surface area (Å²) in [6.45, 7) is 2.20. The Hall–Kier alpha value is -2.65. The van der Waals surface area contributed by atoms with Gasteiger partial charge in [-0.3, -0.25) is 9.10 Å². The zero-order valence-electron chi connectivity index (χ0n) is 16.9. The standard InChI is InChI=1S/C20H24ClNO7S/c1-4-29-14-7-9-15(10-8-14)30(25,26)22(11-5-6-20(23)24)17-13-18(27-2)16(21)12-19(17)28-3/h7-10,12-13H,4-6,11H2,1-3H3,(H,23,24). The van der Waals surface area contributed by atoms with Crippen LogP contribution in [0.15, 0.2) is 41.3 Å². The summed E-state index contributed by atoms with van der Waals surface area (Å²) in [7, 11) is -1.25. The Morgan fingerprint density at radius 3 is 2.27 bits per heavy atom. The van der Waals surface area contributed by atoms with Crippen molar-refractivity contribution in [1.82, 2.24) is 0 Å². The van der Waals surface area contributed by atoms with E-state index in [1.807, 2.05) is 6.92 Å². The fraction of sp³-hybridized carbons (Fsp3) is 0.350. The first-order valence-electron chi connectivity index (χ1n) is 9.13. The Morgan fingerprint density at radius 2 is 1.73 bits per heavy atom. The minimum atomic E-state index is -4.05. The molecule has 164 valence electrons. The first kappa shape index (κ1) is 23.6. The van der Waals surface area contributed by atoms with E-state index in [0.717, 1.165) is 4.31 Å². The Bertz CT molecular complexity index is 977. The minimum Gasteiger partial charge on any atom is -0.495 e. The molecule has 0 saturated heterocycles. The fourth-order valence-electron chi connectivity index (χ4n) is 2.78. The van der Waals surface area contributed by atoms with Crippen molar-refractivity contribution in [3.05, 3.63) is 41.4 Å². The van der Waals surface area contributed by atoms with Gasteiger partial charge in [0.1, 0.15) is 17.2 Å². The van der Waals surface area contributed by atoms with E-state index in [2.05, 4.69) is 0 Å². The van der Waals surface area contributed by atoms with E-state index >= 15 is 0 Å². The Morgan fingerprint density at radius 1 is 1.10 bits per heavy atom. The highest BCUT2D eigenvalue weighted by Gasteiger charge is 2.28. The number of anilines is 1. The van der Waals surface area contributed by atoms with Crippen molar-refractivity contribution in [3.63, 3.8) is 0 Å². The summed E-state index contributed by atoms with van der Waals surface area (Å²) in [5, 5.41) is 9.23. The van der Waals surface area contributed by atoms with Crippen LogP contribution in [-0.2, 0) is 14.8 Å². The molecule has 2 aromatic rings. The summed E-state index contributed by atoms with van der Waals surface area (Å²) in [6, 6.07) is 8.90. The second kappa shape index (κ2) is 10.4. The van der Waals surface area contributed by atoms with Crippen LogP contribution in [0.2, 0.25) is 5.02 Å². The summed E-state index contributed by atoms with van der Waals surface area (Å²) in [5.41, 5.74) is 0.193. The van der Waals surface area contributed by atoms with Crippen LogP contribution in [0.25, 0.3) is 0 Å². The molecule has 0 heterocycles. The number of carboxylic acids is 1. The van der Waals surface area contributed by atoms with Crippen LogP contribution in [0.4, 0.5) is 5.69 Å². The van der Waals surface area contributed by atoms with Gasteiger partial charge in [0.15, 0.2) is 0 Å². The van der Waals surface area contributed by atoms with Gasteiger partial charge in [-0.05, 0) is 37.6 Å². The third-order valence-corrected chi connectivity index (χ3v) is 6.32. The molecular weight excluding hydrogens is 434 g/mol. The molecule has 8 nitrogen and oxygen atoms in total. The molecule has 0 radical (unpaired) electrons. The fourth-order valence-corrected chi connectivity index (χ4v) is 4.52. The van der Waals surface area contributed by atoms with E-state index in [-0.39, 0.29) is 46.5 Å². The molecular formula is C20H24ClNO7S. The number of carboxylic acid groups (broad SMARTS) is 1. The molecule has 0 aliphatic heterocycles. The van der Waals surface area contributed by atoms with Crippen molar-refractivity contribution in [2.75, 3.05) is 31.7 Å². The molecule has 0 unspecified atom stereocenters. The van der Waals surface area contributed by atoms with Crippen LogP contribution in [-0.4, -0.2) is 46.9 Å². The second-order valence-electron chi connectivity index (χ2n) is 6.14. The summed E-state index contributed by atoms with van der Waals surface area (Å²) in [5.74, 6) is -0.00285. The number of rotatable bonds is 11. The van der Waals surface area contributed by atoms with Gasteiger partial charge in [0, 0.05) is 25.1 Å². The smallest absolute Gasteiger partial charge is 0.303 e. The average molecular weight is 458 g/mol. The number of aliphatic carboxylic acids is 1. The van der Waals surface area contributed by atoms with Crippen molar-refractivity contribution in [1.29, 1.82) is 0 Å². The van der Waals surface area contributed by atoms with Crippen LogP contribution in [0.3, 0.4) is 0 Å². The van der Waals surface area contributed by atoms with Crippen LogP contribution in [0, 0.1) is 0 Å². The molecule has 0 saturated carbocycles. The number of carbonyl (C=O) groups is 1. The van der Waals surface area contributed by atoms with Gasteiger partial charge in [0.25, 0.3) is 10.0 Å². The summed E-state index contributed by atoms with van der Waals surface area (Å²) >= 11 is 6.14. The lowest BCUT2D eigenvalue weighted by atomic mass is 10.2. The van der Waals surface area contributed by atoms with Gasteiger partial charge in [-0.15, -0.1) is 0 Å². The molecule has 2 aromatic carbocycles. The number of hydrogen-bond acceptors (Lipinski definition) is 6. The molecule has 0 fully saturated rings. The highest BCUT2D eigenvalue weighted by Crippen LogP contribution is 2.40. The van der Waals surface area contributed by atoms with Crippen LogP contribution < -0.4 is 18.5 Å². The third-order valence-electron chi connectivity index (χ3n) is 4.20. The Labute approximate surface area is 181 Å². The van der Waals surface area contributed by atoms with E-state index < -0.39 is 16.0 Å². The van der Waals surface area contributed by atoms with Gasteiger partial charge in [0.05, 0.1) is 36.4 Å². The van der Waals surface area contributed by atoms with E-state index in [9.17, 15) is 13.2 Å². The molecule has 30 heavy (non-hydrogen) atoms. The van der Waals surface area contributed by atoms with E-state index in [4.69, 9.17) is 30.9 Å². The molecule has 0 aliphatic rings. The lowest BCUT2D eigenvalue weighted by Crippen LogP contribution is -2.32. The van der Waals surface area contributed by atoms with Gasteiger partial charge >= 0.3 is 5.97 Å². The minimum absolute atomic E-state index is 0.0252. The highest BCUT2D eigenvalue weighted by atomic mass is 35.5. The second-order valence-corrected chi connectivity index (χ2v) is 8.41. The highest BCUT2D eigenvalue weighted by molar-refractivity contribution is 7.92. The SMILES string of the molecule is CCOc1ccc(S(=O)(=O)N(CCCC(=O)O)c2cc(OC)c(Cl)cc2OC)cc1. The predicted octanol–water partition coefficient (Wildman–Crippen LogP) is 3.82. The van der Waals surface area contributed by atoms with Crippen molar-refractivity contribution >= 4 is 33.3 Å². The quantitative estimate of drug-likeness (QED) is 0.547. The number of nitrogens with zero attached hydrogens (tertiary/aromatic N) is 1. The average Bonchev–Trinajstić information content (AvgIpc) is 2.71. The molecule has 10 heteroatoms. The maximum atomic E-state index is 13.4. The molecule has 2 rings (SSSR count). The van der Waals surface area contributed by atoms with Crippen molar-refractivity contribution < 1.29 is 32.5 Å². The number of benzene rings is 2. The first-order chi connectivity index (χ1) is 14.2. The zero-order valence-corrected chi connectivity index (χ0v) is 18.5. The Balaban J connectivity index is 2.55. The molecule has 0 aromatic heterocycles. The van der Waals surface area contributed by atoms with Gasteiger partial charge < -0.3 is 19.3 Å². The number of sulfonamides is 1. The third kappa shape index (κ3) is 5.48. The lowest BCUT2D eigenvalue weighted by Gasteiger charge is -2.26. The monoisotopic (exact) mass is 457 g/mol. The first-order valence-corrected chi connectivity index (χ1v) is 10.9. The maximum Gasteiger partial charge on any atom is 0.303 e.